The van der Waals surface area contributed by atoms with E-state index in [0.29, 0.717) is 11.3 Å². The maximum absolute atomic E-state index is 13.8. The van der Waals surface area contributed by atoms with Crippen LogP contribution in [0.2, 0.25) is 0 Å². The minimum absolute atomic E-state index is 0.00700. The number of aromatic carboxylic acids is 1. The number of likely N-dealkylation sites (tertiary alicyclic amines) is 1. The molecule has 1 aliphatic rings. The van der Waals surface area contributed by atoms with Gasteiger partial charge in [0.25, 0.3) is 0 Å². The van der Waals surface area contributed by atoms with E-state index in [0.717, 1.165) is 0 Å². The molecule has 0 aromatic heterocycles. The predicted molar refractivity (Wildman–Crippen MR) is 159 cm³/mol. The van der Waals surface area contributed by atoms with E-state index in [4.69, 9.17) is 4.74 Å². The Balaban J connectivity index is 1.60. The maximum atomic E-state index is 13.8. The first-order chi connectivity index (χ1) is 20.4. The van der Waals surface area contributed by atoms with Crippen LogP contribution in [-0.2, 0) is 19.1 Å². The number of para-hydroxylation sites is 1. The lowest BCUT2D eigenvalue weighted by atomic mass is 9.92. The number of ether oxygens (including phenoxy) is 1. The quantitative estimate of drug-likeness (QED) is 0.285. The molecule has 3 aromatic carbocycles. The Morgan fingerprint density at radius 2 is 1.49 bits per heavy atom. The lowest BCUT2D eigenvalue weighted by molar-refractivity contribution is -0.164. The molecule has 0 radical (unpaired) electrons. The van der Waals surface area contributed by atoms with Crippen molar-refractivity contribution < 1.29 is 33.8 Å². The largest absolute Gasteiger partial charge is 0.478 e. The SMILES string of the molecule is CC(C)(C)OC(=O)C1CC(C(=O)Nc2ccccc2)C(c2ccccc2)N1C(=O)CNC(=O)Nc1cccc(C(=O)O)c1. The zero-order valence-corrected chi connectivity index (χ0v) is 24.1. The van der Waals surface area contributed by atoms with Crippen molar-refractivity contribution in [2.45, 2.75) is 44.9 Å². The van der Waals surface area contributed by atoms with Gasteiger partial charge < -0.3 is 30.7 Å². The molecule has 4 amide bonds. The van der Waals surface area contributed by atoms with E-state index in [9.17, 15) is 29.1 Å². The van der Waals surface area contributed by atoms with E-state index < -0.39 is 54.0 Å². The second kappa shape index (κ2) is 13.2. The molecule has 11 nitrogen and oxygen atoms in total. The van der Waals surface area contributed by atoms with Gasteiger partial charge in [0.1, 0.15) is 11.6 Å². The number of nitrogens with one attached hydrogen (secondary N) is 3. The first-order valence-corrected chi connectivity index (χ1v) is 13.8. The Hall–Kier alpha value is -5.19. The van der Waals surface area contributed by atoms with Gasteiger partial charge in [0.05, 0.1) is 24.1 Å². The molecule has 0 saturated carbocycles. The summed E-state index contributed by atoms with van der Waals surface area (Å²) in [7, 11) is 0. The van der Waals surface area contributed by atoms with Crippen LogP contribution < -0.4 is 16.0 Å². The van der Waals surface area contributed by atoms with Gasteiger partial charge in [0.2, 0.25) is 11.8 Å². The Kier molecular flexibility index (Phi) is 9.44. The van der Waals surface area contributed by atoms with Gasteiger partial charge in [-0.15, -0.1) is 0 Å². The van der Waals surface area contributed by atoms with Gasteiger partial charge in [-0.1, -0.05) is 54.6 Å². The molecular formula is C32H34N4O7. The van der Waals surface area contributed by atoms with Gasteiger partial charge in [-0.2, -0.15) is 0 Å². The molecule has 224 valence electrons. The number of urea groups is 1. The number of esters is 1. The van der Waals surface area contributed by atoms with Crippen LogP contribution in [0.5, 0.6) is 0 Å². The van der Waals surface area contributed by atoms with Crippen LogP contribution in [0.1, 0.15) is 49.2 Å². The first kappa shape index (κ1) is 30.8. The normalized spacial score (nSPS) is 17.9. The molecule has 3 aromatic rings. The topological polar surface area (TPSA) is 154 Å². The highest BCUT2D eigenvalue weighted by Gasteiger charge is 2.51. The summed E-state index contributed by atoms with van der Waals surface area (Å²) in [6, 6.07) is 20.8. The van der Waals surface area contributed by atoms with Crippen LogP contribution >= 0.6 is 0 Å². The molecule has 0 bridgehead atoms. The van der Waals surface area contributed by atoms with E-state index in [1.165, 1.54) is 29.2 Å². The predicted octanol–water partition coefficient (Wildman–Crippen LogP) is 4.45. The van der Waals surface area contributed by atoms with Crippen LogP contribution in [0, 0.1) is 5.92 Å². The third kappa shape index (κ3) is 7.97. The molecule has 4 rings (SSSR count). The number of carbonyl (C=O) groups is 5. The lowest BCUT2D eigenvalue weighted by Crippen LogP contribution is -2.48. The second-order valence-corrected chi connectivity index (χ2v) is 11.1. The average molecular weight is 587 g/mol. The van der Waals surface area contributed by atoms with Crippen molar-refractivity contribution in [3.63, 3.8) is 0 Å². The van der Waals surface area contributed by atoms with Crippen LogP contribution in [-0.4, -0.2) is 58.0 Å². The standard InChI is InChI=1S/C32H34N4O7/c1-32(2,3)43-30(41)25-18-24(28(38)34-22-14-8-5-9-15-22)27(20-11-6-4-7-12-20)36(25)26(37)19-33-31(42)35-23-16-10-13-21(17-23)29(39)40/h4-17,24-25,27H,18-19H2,1-3H3,(H,34,38)(H,39,40)(H2,33,35,42). The molecule has 1 fully saturated rings. The average Bonchev–Trinajstić information content (AvgIpc) is 3.38. The summed E-state index contributed by atoms with van der Waals surface area (Å²) in [4.78, 5) is 66.1. The summed E-state index contributed by atoms with van der Waals surface area (Å²) in [6.45, 7) is 4.64. The van der Waals surface area contributed by atoms with E-state index in [1.54, 1.807) is 75.4 Å². The zero-order valence-electron chi connectivity index (χ0n) is 24.1. The number of hydrogen-bond acceptors (Lipinski definition) is 6. The summed E-state index contributed by atoms with van der Waals surface area (Å²) in [5, 5.41) is 17.1. The Morgan fingerprint density at radius 1 is 0.860 bits per heavy atom. The number of amides is 4. The molecule has 4 N–H and O–H groups in total. The molecule has 1 saturated heterocycles. The van der Waals surface area contributed by atoms with E-state index in [1.807, 2.05) is 6.07 Å². The first-order valence-electron chi connectivity index (χ1n) is 13.8. The van der Waals surface area contributed by atoms with Gasteiger partial charge in [0.15, 0.2) is 0 Å². The summed E-state index contributed by atoms with van der Waals surface area (Å²) in [5.74, 6) is -3.59. The Bertz CT molecular complexity index is 1490. The minimum Gasteiger partial charge on any atom is -0.478 e. The zero-order chi connectivity index (χ0) is 31.1. The van der Waals surface area contributed by atoms with Crippen LogP contribution in [0.3, 0.4) is 0 Å². The van der Waals surface area contributed by atoms with Crippen LogP contribution in [0.4, 0.5) is 16.2 Å². The highest BCUT2D eigenvalue weighted by molar-refractivity contribution is 5.98. The van der Waals surface area contributed by atoms with Crippen molar-refractivity contribution in [2.75, 3.05) is 17.2 Å². The van der Waals surface area contributed by atoms with Crippen LogP contribution in [0.25, 0.3) is 0 Å². The van der Waals surface area contributed by atoms with E-state index >= 15 is 0 Å². The molecule has 0 spiro atoms. The van der Waals surface area contributed by atoms with Gasteiger partial charge in [-0.05, 0) is 63.1 Å². The summed E-state index contributed by atoms with van der Waals surface area (Å²) in [5.41, 5.74) is 0.573. The fourth-order valence-electron chi connectivity index (χ4n) is 4.98. The van der Waals surface area contributed by atoms with Crippen LogP contribution in [0.15, 0.2) is 84.9 Å². The van der Waals surface area contributed by atoms with Crippen molar-refractivity contribution in [3.8, 4) is 0 Å². The fourth-order valence-corrected chi connectivity index (χ4v) is 4.98. The number of anilines is 2. The number of carboxylic acids is 1. The third-order valence-corrected chi connectivity index (χ3v) is 6.75. The van der Waals surface area contributed by atoms with Crippen molar-refractivity contribution >= 4 is 41.2 Å². The number of benzene rings is 3. The minimum atomic E-state index is -1.15. The van der Waals surface area contributed by atoms with Gasteiger partial charge >= 0.3 is 18.0 Å². The highest BCUT2D eigenvalue weighted by atomic mass is 16.6. The number of nitrogens with zero attached hydrogens (tertiary/aromatic N) is 1. The molecule has 11 heteroatoms. The number of rotatable bonds is 8. The van der Waals surface area contributed by atoms with Crippen molar-refractivity contribution in [3.05, 3.63) is 96.1 Å². The maximum Gasteiger partial charge on any atom is 0.335 e. The van der Waals surface area contributed by atoms with Gasteiger partial charge in [-0.25, -0.2) is 14.4 Å². The fraction of sp³-hybridized carbons (Fsp3) is 0.281. The Morgan fingerprint density at radius 3 is 2.12 bits per heavy atom. The number of hydrogen-bond donors (Lipinski definition) is 4. The van der Waals surface area contributed by atoms with Crippen molar-refractivity contribution in [1.82, 2.24) is 10.2 Å². The second-order valence-electron chi connectivity index (χ2n) is 11.1. The number of carbonyl (C=O) groups excluding carboxylic acids is 4. The monoisotopic (exact) mass is 586 g/mol. The Labute approximate surface area is 249 Å². The number of carboxylic acid groups (broad SMARTS) is 1. The van der Waals surface area contributed by atoms with Gasteiger partial charge in [-0.3, -0.25) is 9.59 Å². The molecule has 43 heavy (non-hydrogen) atoms. The summed E-state index contributed by atoms with van der Waals surface area (Å²) >= 11 is 0. The molecular weight excluding hydrogens is 552 g/mol. The molecule has 1 aliphatic heterocycles. The van der Waals surface area contributed by atoms with E-state index in [-0.39, 0.29) is 23.6 Å². The summed E-state index contributed by atoms with van der Waals surface area (Å²) < 4.78 is 5.66. The highest BCUT2D eigenvalue weighted by Crippen LogP contribution is 2.42. The van der Waals surface area contributed by atoms with E-state index in [2.05, 4.69) is 16.0 Å². The van der Waals surface area contributed by atoms with Gasteiger partial charge in [0, 0.05) is 11.4 Å². The van der Waals surface area contributed by atoms with Crippen molar-refractivity contribution in [2.24, 2.45) is 5.92 Å². The molecule has 0 aliphatic carbocycles. The molecule has 1 heterocycles. The lowest BCUT2D eigenvalue weighted by Gasteiger charge is -2.32. The third-order valence-electron chi connectivity index (χ3n) is 6.75. The summed E-state index contributed by atoms with van der Waals surface area (Å²) in [6.07, 6.45) is 0.00700. The van der Waals surface area contributed by atoms with Crippen molar-refractivity contribution in [1.29, 1.82) is 0 Å². The molecule has 3 unspecified atom stereocenters. The molecule has 3 atom stereocenters. The smallest absolute Gasteiger partial charge is 0.335 e.